The molecule has 0 spiro atoms. The minimum Gasteiger partial charge on any atom is -0.419 e. The molecule has 2 aromatic carbocycles. The van der Waals surface area contributed by atoms with Crippen molar-refractivity contribution in [3.05, 3.63) is 66.1 Å². The highest BCUT2D eigenvalue weighted by Crippen LogP contribution is 2.36. The van der Waals surface area contributed by atoms with E-state index in [1.54, 1.807) is 11.8 Å². The molecule has 0 fully saturated rings. The van der Waals surface area contributed by atoms with Crippen molar-refractivity contribution >= 4 is 11.8 Å². The van der Waals surface area contributed by atoms with Crippen LogP contribution in [0.25, 0.3) is 22.8 Å². The van der Waals surface area contributed by atoms with Crippen LogP contribution in [0.5, 0.6) is 0 Å². The van der Waals surface area contributed by atoms with Gasteiger partial charge in [0.05, 0.1) is 5.25 Å². The molecule has 0 bridgehead atoms. The quantitative estimate of drug-likeness (QED) is 0.422. The molecule has 0 aliphatic heterocycles. The van der Waals surface area contributed by atoms with Crippen LogP contribution in [0.1, 0.15) is 30.6 Å². The lowest BCUT2D eigenvalue weighted by Gasteiger charge is -2.10. The Morgan fingerprint density at radius 1 is 0.964 bits per heavy atom. The molecule has 2 aromatic heterocycles. The molecule has 1 unspecified atom stereocenters. The number of hydrogen-bond acceptors (Lipinski definition) is 6. The molecular weight excluding hydrogens is 370 g/mol. The number of hydrogen-bond donors (Lipinski definition) is 0. The number of aromatic nitrogens is 5. The van der Waals surface area contributed by atoms with Crippen LogP contribution in [0.3, 0.4) is 0 Å². The van der Waals surface area contributed by atoms with Gasteiger partial charge in [-0.1, -0.05) is 54.2 Å². The van der Waals surface area contributed by atoms with Gasteiger partial charge in [-0.2, -0.15) is 0 Å². The van der Waals surface area contributed by atoms with Crippen LogP contribution in [0.15, 0.2) is 64.2 Å². The second-order valence-corrected chi connectivity index (χ2v) is 7.74. The molecule has 4 aromatic rings. The number of rotatable bonds is 6. The van der Waals surface area contributed by atoms with Crippen LogP contribution < -0.4 is 0 Å². The van der Waals surface area contributed by atoms with Crippen molar-refractivity contribution in [1.29, 1.82) is 0 Å². The SMILES string of the molecule is CCn1c(SC(C)c2nnc(-c3ccccc3)o2)nnc1-c1ccccc1C. The fraction of sp³-hybridized carbons (Fsp3) is 0.238. The summed E-state index contributed by atoms with van der Waals surface area (Å²) in [5, 5.41) is 18.1. The van der Waals surface area contributed by atoms with Crippen LogP contribution in [0.4, 0.5) is 0 Å². The third-order valence-electron chi connectivity index (χ3n) is 4.51. The molecule has 0 saturated heterocycles. The Morgan fingerprint density at radius 3 is 2.46 bits per heavy atom. The van der Waals surface area contributed by atoms with Gasteiger partial charge in [0, 0.05) is 17.7 Å². The molecule has 0 saturated carbocycles. The maximum Gasteiger partial charge on any atom is 0.247 e. The van der Waals surface area contributed by atoms with Gasteiger partial charge in [-0.05, 0) is 38.5 Å². The van der Waals surface area contributed by atoms with E-state index in [0.717, 1.165) is 28.7 Å². The summed E-state index contributed by atoms with van der Waals surface area (Å²) in [5.74, 6) is 1.98. The standard InChI is InChI=1S/C21H21N5OS/c1-4-26-18(17-13-9-8-10-14(17)2)22-25-21(26)28-15(3)19-23-24-20(27-19)16-11-6-5-7-12-16/h5-13,15H,4H2,1-3H3. The fourth-order valence-electron chi connectivity index (χ4n) is 2.99. The van der Waals surface area contributed by atoms with E-state index in [-0.39, 0.29) is 5.25 Å². The summed E-state index contributed by atoms with van der Waals surface area (Å²) in [4.78, 5) is 0. The third-order valence-corrected chi connectivity index (χ3v) is 5.58. The Bertz CT molecular complexity index is 1070. The van der Waals surface area contributed by atoms with E-state index in [1.165, 1.54) is 5.56 Å². The normalized spacial score (nSPS) is 12.2. The molecule has 0 amide bonds. The first-order valence-electron chi connectivity index (χ1n) is 9.22. The highest BCUT2D eigenvalue weighted by molar-refractivity contribution is 7.99. The topological polar surface area (TPSA) is 69.6 Å². The lowest BCUT2D eigenvalue weighted by atomic mass is 10.1. The Labute approximate surface area is 168 Å². The monoisotopic (exact) mass is 391 g/mol. The molecule has 2 heterocycles. The van der Waals surface area contributed by atoms with E-state index in [2.05, 4.69) is 50.9 Å². The molecule has 0 N–H and O–H groups in total. The summed E-state index contributed by atoms with van der Waals surface area (Å²) in [5.41, 5.74) is 3.19. The van der Waals surface area contributed by atoms with Crippen LogP contribution in [-0.2, 0) is 6.54 Å². The van der Waals surface area contributed by atoms with Gasteiger partial charge in [-0.15, -0.1) is 20.4 Å². The van der Waals surface area contributed by atoms with Crippen molar-refractivity contribution in [2.24, 2.45) is 0 Å². The van der Waals surface area contributed by atoms with Crippen LogP contribution >= 0.6 is 11.8 Å². The summed E-state index contributed by atoms with van der Waals surface area (Å²) in [7, 11) is 0. The zero-order valence-corrected chi connectivity index (χ0v) is 16.8. The summed E-state index contributed by atoms with van der Waals surface area (Å²) >= 11 is 1.57. The van der Waals surface area contributed by atoms with Crippen molar-refractivity contribution in [2.45, 2.75) is 37.7 Å². The maximum atomic E-state index is 5.89. The van der Waals surface area contributed by atoms with Crippen LogP contribution in [-0.4, -0.2) is 25.0 Å². The first-order chi connectivity index (χ1) is 13.7. The highest BCUT2D eigenvalue weighted by atomic mass is 32.2. The second-order valence-electron chi connectivity index (χ2n) is 6.44. The average Bonchev–Trinajstić information content (AvgIpc) is 3.36. The Morgan fingerprint density at radius 2 is 1.71 bits per heavy atom. The Balaban J connectivity index is 1.58. The van der Waals surface area contributed by atoms with Gasteiger partial charge in [0.25, 0.3) is 0 Å². The van der Waals surface area contributed by atoms with Crippen molar-refractivity contribution in [2.75, 3.05) is 0 Å². The molecule has 4 rings (SSSR count). The van der Waals surface area contributed by atoms with Crippen LogP contribution in [0, 0.1) is 6.92 Å². The van der Waals surface area contributed by atoms with E-state index < -0.39 is 0 Å². The zero-order valence-electron chi connectivity index (χ0n) is 16.0. The van der Waals surface area contributed by atoms with Gasteiger partial charge < -0.3 is 8.98 Å². The second kappa shape index (κ2) is 7.98. The molecule has 0 aliphatic carbocycles. The number of nitrogens with zero attached hydrogens (tertiary/aromatic N) is 5. The Kier molecular flexibility index (Phi) is 5.25. The number of thioether (sulfide) groups is 1. The summed E-state index contributed by atoms with van der Waals surface area (Å²) in [6.45, 7) is 7.00. The van der Waals surface area contributed by atoms with Crippen LogP contribution in [0.2, 0.25) is 0 Å². The average molecular weight is 392 g/mol. The minimum absolute atomic E-state index is 0.0378. The van der Waals surface area contributed by atoms with Crippen molar-refractivity contribution < 1.29 is 4.42 Å². The minimum atomic E-state index is -0.0378. The predicted octanol–water partition coefficient (Wildman–Crippen LogP) is 5.18. The molecule has 142 valence electrons. The first kappa shape index (κ1) is 18.4. The first-order valence-corrected chi connectivity index (χ1v) is 10.1. The molecule has 0 aliphatic rings. The van der Waals surface area contributed by atoms with Crippen molar-refractivity contribution in [3.63, 3.8) is 0 Å². The van der Waals surface area contributed by atoms with E-state index in [1.807, 2.05) is 49.4 Å². The molecule has 0 radical (unpaired) electrons. The maximum absolute atomic E-state index is 5.89. The predicted molar refractivity (Wildman–Crippen MR) is 110 cm³/mol. The molecule has 28 heavy (non-hydrogen) atoms. The van der Waals surface area contributed by atoms with Gasteiger partial charge in [-0.3, -0.25) is 0 Å². The summed E-state index contributed by atoms with van der Waals surface area (Å²) in [6, 6.07) is 18.0. The van der Waals surface area contributed by atoms with Gasteiger partial charge in [-0.25, -0.2) is 0 Å². The lowest BCUT2D eigenvalue weighted by Crippen LogP contribution is -2.01. The van der Waals surface area contributed by atoms with E-state index in [4.69, 9.17) is 4.42 Å². The summed E-state index contributed by atoms with van der Waals surface area (Å²) in [6.07, 6.45) is 0. The smallest absolute Gasteiger partial charge is 0.247 e. The molecule has 6 nitrogen and oxygen atoms in total. The van der Waals surface area contributed by atoms with Crippen molar-refractivity contribution in [1.82, 2.24) is 25.0 Å². The molecular formula is C21H21N5OS. The summed E-state index contributed by atoms with van der Waals surface area (Å²) < 4.78 is 8.01. The van der Waals surface area contributed by atoms with Gasteiger partial charge in [0.15, 0.2) is 11.0 Å². The van der Waals surface area contributed by atoms with Crippen molar-refractivity contribution in [3.8, 4) is 22.8 Å². The lowest BCUT2D eigenvalue weighted by molar-refractivity contribution is 0.508. The molecule has 1 atom stereocenters. The Hall–Kier alpha value is -2.93. The molecule has 7 heteroatoms. The van der Waals surface area contributed by atoms with Gasteiger partial charge >= 0.3 is 0 Å². The highest BCUT2D eigenvalue weighted by Gasteiger charge is 2.21. The van der Waals surface area contributed by atoms with Gasteiger partial charge in [0.2, 0.25) is 11.8 Å². The fourth-order valence-corrected chi connectivity index (χ4v) is 3.93. The van der Waals surface area contributed by atoms with Gasteiger partial charge in [0.1, 0.15) is 0 Å². The number of aryl methyl sites for hydroxylation is 1. The third kappa shape index (κ3) is 3.57. The zero-order chi connectivity index (χ0) is 19.5. The van der Waals surface area contributed by atoms with E-state index >= 15 is 0 Å². The number of benzene rings is 2. The van der Waals surface area contributed by atoms with E-state index in [9.17, 15) is 0 Å². The van der Waals surface area contributed by atoms with E-state index in [0.29, 0.717) is 11.8 Å². The largest absolute Gasteiger partial charge is 0.419 e.